The summed E-state index contributed by atoms with van der Waals surface area (Å²) in [5, 5.41) is 10.3. The van der Waals surface area contributed by atoms with Crippen LogP contribution in [-0.2, 0) is 17.6 Å². The standard InChI is InChI=1S/C16H20N2O3S2/c1-3-8(2)12(15(20)21)18-14(19)11-9-6-4-5-7-10(9)23-13(11)17-16(18)22/h8,12H,3-7H2,1-2H3,(H,17,22)(H,20,21). The van der Waals surface area contributed by atoms with Gasteiger partial charge in [-0.2, -0.15) is 0 Å². The molecule has 5 nitrogen and oxygen atoms in total. The molecule has 124 valence electrons. The molecule has 0 saturated carbocycles. The van der Waals surface area contributed by atoms with Crippen LogP contribution in [0.15, 0.2) is 4.79 Å². The Bertz CT molecular complexity index is 878. The highest BCUT2D eigenvalue weighted by Gasteiger charge is 2.29. The fourth-order valence-corrected chi connectivity index (χ4v) is 4.98. The van der Waals surface area contributed by atoms with Crippen molar-refractivity contribution in [3.05, 3.63) is 25.6 Å². The van der Waals surface area contributed by atoms with E-state index >= 15 is 0 Å². The van der Waals surface area contributed by atoms with Crippen LogP contribution in [0.25, 0.3) is 10.2 Å². The van der Waals surface area contributed by atoms with Crippen LogP contribution in [0.2, 0.25) is 0 Å². The Morgan fingerprint density at radius 3 is 2.78 bits per heavy atom. The summed E-state index contributed by atoms with van der Waals surface area (Å²) in [6, 6.07) is -0.931. The summed E-state index contributed by atoms with van der Waals surface area (Å²) >= 11 is 6.91. The molecule has 2 heterocycles. The van der Waals surface area contributed by atoms with Crippen LogP contribution >= 0.6 is 23.6 Å². The molecule has 2 atom stereocenters. The van der Waals surface area contributed by atoms with Crippen LogP contribution in [0, 0.1) is 10.7 Å². The molecule has 1 aliphatic carbocycles. The maximum Gasteiger partial charge on any atom is 0.327 e. The van der Waals surface area contributed by atoms with Gasteiger partial charge in [0.2, 0.25) is 0 Å². The van der Waals surface area contributed by atoms with Crippen LogP contribution in [-0.4, -0.2) is 20.6 Å². The first-order valence-electron chi connectivity index (χ1n) is 7.97. The molecule has 0 fully saturated rings. The highest BCUT2D eigenvalue weighted by Crippen LogP contribution is 2.34. The SMILES string of the molecule is CCC(C)C(C(=O)O)n1c(=S)[nH]c2sc3c(c2c1=O)CCCC3. The predicted octanol–water partition coefficient (Wildman–Crippen LogP) is 3.67. The molecule has 0 bridgehead atoms. The van der Waals surface area contributed by atoms with Crippen molar-refractivity contribution >= 4 is 39.7 Å². The van der Waals surface area contributed by atoms with Gasteiger partial charge in [0.05, 0.1) is 5.39 Å². The number of thiophene rings is 1. The molecule has 0 aliphatic heterocycles. The summed E-state index contributed by atoms with van der Waals surface area (Å²) in [6.07, 6.45) is 4.75. The van der Waals surface area contributed by atoms with Crippen molar-refractivity contribution in [2.24, 2.45) is 5.92 Å². The van der Waals surface area contributed by atoms with Crippen LogP contribution in [0.3, 0.4) is 0 Å². The number of H-pyrrole nitrogens is 1. The van der Waals surface area contributed by atoms with E-state index < -0.39 is 12.0 Å². The van der Waals surface area contributed by atoms with Gasteiger partial charge in [0.1, 0.15) is 10.9 Å². The van der Waals surface area contributed by atoms with Crippen LogP contribution in [0.4, 0.5) is 0 Å². The van der Waals surface area contributed by atoms with Gasteiger partial charge in [-0.1, -0.05) is 20.3 Å². The van der Waals surface area contributed by atoms with E-state index in [0.29, 0.717) is 11.8 Å². The predicted molar refractivity (Wildman–Crippen MR) is 94.0 cm³/mol. The lowest BCUT2D eigenvalue weighted by atomic mass is 9.96. The summed E-state index contributed by atoms with van der Waals surface area (Å²) < 4.78 is 1.48. The van der Waals surface area contributed by atoms with Crippen molar-refractivity contribution in [3.63, 3.8) is 0 Å². The van der Waals surface area contributed by atoms with E-state index in [4.69, 9.17) is 12.2 Å². The monoisotopic (exact) mass is 352 g/mol. The molecule has 2 aromatic heterocycles. The van der Waals surface area contributed by atoms with Crippen LogP contribution in [0.5, 0.6) is 0 Å². The molecule has 0 saturated heterocycles. The van der Waals surface area contributed by atoms with Crippen LogP contribution in [0.1, 0.15) is 49.6 Å². The highest BCUT2D eigenvalue weighted by molar-refractivity contribution is 7.71. The van der Waals surface area contributed by atoms with E-state index in [-0.39, 0.29) is 16.2 Å². The number of hydrogen-bond donors (Lipinski definition) is 2. The van der Waals surface area contributed by atoms with E-state index in [1.54, 1.807) is 11.3 Å². The lowest BCUT2D eigenvalue weighted by Gasteiger charge is -2.21. The van der Waals surface area contributed by atoms with Gasteiger partial charge in [-0.3, -0.25) is 9.36 Å². The van der Waals surface area contributed by atoms with Crippen molar-refractivity contribution in [1.29, 1.82) is 0 Å². The molecule has 23 heavy (non-hydrogen) atoms. The van der Waals surface area contributed by atoms with E-state index in [1.165, 1.54) is 9.44 Å². The number of aromatic nitrogens is 2. The molecule has 2 unspecified atom stereocenters. The quantitative estimate of drug-likeness (QED) is 0.823. The van der Waals surface area contributed by atoms with Gasteiger partial charge in [0.25, 0.3) is 5.56 Å². The molecule has 0 aromatic carbocycles. The van der Waals surface area contributed by atoms with Crippen molar-refractivity contribution in [2.75, 3.05) is 0 Å². The second-order valence-corrected chi connectivity index (χ2v) is 7.68. The number of fused-ring (bicyclic) bond motifs is 3. The first-order valence-corrected chi connectivity index (χ1v) is 9.20. The Morgan fingerprint density at radius 2 is 2.13 bits per heavy atom. The number of carboxylic acids is 1. The topological polar surface area (TPSA) is 75.1 Å². The number of hydrogen-bond acceptors (Lipinski definition) is 4. The summed E-state index contributed by atoms with van der Waals surface area (Å²) in [5.74, 6) is -1.18. The summed E-state index contributed by atoms with van der Waals surface area (Å²) in [4.78, 5) is 29.9. The molecular formula is C16H20N2O3S2. The molecule has 3 rings (SSSR count). The maximum absolute atomic E-state index is 13.1. The molecule has 7 heteroatoms. The molecule has 2 aromatic rings. The molecule has 0 spiro atoms. The van der Waals surface area contributed by atoms with Crippen LogP contribution < -0.4 is 5.56 Å². The van der Waals surface area contributed by atoms with Gasteiger partial charge in [0, 0.05) is 4.88 Å². The fourth-order valence-electron chi connectivity index (χ4n) is 3.33. The number of rotatable bonds is 4. The summed E-state index contributed by atoms with van der Waals surface area (Å²) in [6.45, 7) is 3.76. The minimum Gasteiger partial charge on any atom is -0.480 e. The number of nitrogens with one attached hydrogen (secondary N) is 1. The molecule has 2 N–H and O–H groups in total. The maximum atomic E-state index is 13.1. The number of nitrogens with zero attached hydrogens (tertiary/aromatic N) is 1. The van der Waals surface area contributed by atoms with Crippen molar-refractivity contribution in [3.8, 4) is 0 Å². The van der Waals surface area contributed by atoms with E-state index in [1.807, 2.05) is 13.8 Å². The average Bonchev–Trinajstić information content (AvgIpc) is 2.88. The number of aliphatic carboxylic acids is 1. The number of aromatic amines is 1. The lowest BCUT2D eigenvalue weighted by Crippen LogP contribution is -2.35. The Hall–Kier alpha value is -1.47. The average molecular weight is 352 g/mol. The van der Waals surface area contributed by atoms with Crippen molar-refractivity contribution in [1.82, 2.24) is 9.55 Å². The van der Waals surface area contributed by atoms with E-state index in [0.717, 1.165) is 36.1 Å². The molecular weight excluding hydrogens is 332 g/mol. The second-order valence-electron chi connectivity index (χ2n) is 6.19. The van der Waals surface area contributed by atoms with Gasteiger partial charge in [-0.15, -0.1) is 11.3 Å². The van der Waals surface area contributed by atoms with E-state index in [9.17, 15) is 14.7 Å². The molecule has 0 radical (unpaired) electrons. The lowest BCUT2D eigenvalue weighted by molar-refractivity contribution is -0.142. The van der Waals surface area contributed by atoms with Crippen molar-refractivity contribution < 1.29 is 9.90 Å². The zero-order valence-corrected chi connectivity index (χ0v) is 14.9. The number of aryl methyl sites for hydroxylation is 2. The Kier molecular flexibility index (Phi) is 4.42. The first kappa shape index (κ1) is 16.4. The van der Waals surface area contributed by atoms with E-state index in [2.05, 4.69) is 4.98 Å². The third kappa shape index (κ3) is 2.65. The first-order chi connectivity index (χ1) is 11.0. The molecule has 1 aliphatic rings. The zero-order chi connectivity index (χ0) is 16.7. The third-order valence-electron chi connectivity index (χ3n) is 4.76. The smallest absolute Gasteiger partial charge is 0.327 e. The van der Waals surface area contributed by atoms with Gasteiger partial charge in [-0.05, 0) is 49.4 Å². The third-order valence-corrected chi connectivity index (χ3v) is 6.26. The normalized spacial score (nSPS) is 17.0. The minimum absolute atomic E-state index is 0.174. The largest absolute Gasteiger partial charge is 0.480 e. The van der Waals surface area contributed by atoms with Gasteiger partial charge in [-0.25, -0.2) is 4.79 Å². The second kappa shape index (κ2) is 6.20. The van der Waals surface area contributed by atoms with Gasteiger partial charge in [0.15, 0.2) is 4.77 Å². The molecule has 0 amide bonds. The fraction of sp³-hybridized carbons (Fsp3) is 0.562. The zero-order valence-electron chi connectivity index (χ0n) is 13.2. The minimum atomic E-state index is -1.01. The Labute approximate surface area is 143 Å². The summed E-state index contributed by atoms with van der Waals surface area (Å²) in [7, 11) is 0. The number of carbonyl (C=O) groups is 1. The van der Waals surface area contributed by atoms with Gasteiger partial charge >= 0.3 is 5.97 Å². The Balaban J connectivity index is 2.31. The highest BCUT2D eigenvalue weighted by atomic mass is 32.1. The van der Waals surface area contributed by atoms with Gasteiger partial charge < -0.3 is 10.1 Å². The summed E-state index contributed by atoms with van der Waals surface area (Å²) in [5.41, 5.74) is 0.838. The number of carboxylic acid groups (broad SMARTS) is 1. The Morgan fingerprint density at radius 1 is 1.43 bits per heavy atom. The van der Waals surface area contributed by atoms with Crippen molar-refractivity contribution in [2.45, 2.75) is 52.0 Å².